The summed E-state index contributed by atoms with van der Waals surface area (Å²) in [5.41, 5.74) is 3.67. The van der Waals surface area contributed by atoms with E-state index in [1.807, 2.05) is 36.4 Å². The Morgan fingerprint density at radius 1 is 0.844 bits per heavy atom. The highest BCUT2D eigenvalue weighted by Crippen LogP contribution is 2.24. The number of ether oxygens (including phenoxy) is 1. The Labute approximate surface area is 208 Å². The fourth-order valence-corrected chi connectivity index (χ4v) is 4.15. The molecule has 0 aliphatic carbocycles. The predicted molar refractivity (Wildman–Crippen MR) is 138 cm³/mol. The average molecular weight is 494 g/mol. The molecule has 3 aromatic carbocycles. The van der Waals surface area contributed by atoms with E-state index in [-0.39, 0.29) is 24.8 Å². The summed E-state index contributed by atoms with van der Waals surface area (Å²) in [5, 5.41) is 4.47. The Bertz CT molecular complexity index is 917. The van der Waals surface area contributed by atoms with Crippen LogP contribution < -0.4 is 10.1 Å². The number of halogens is 3. The molecule has 4 rings (SSSR count). The lowest BCUT2D eigenvalue weighted by Gasteiger charge is -2.32. The van der Waals surface area contributed by atoms with E-state index in [4.69, 9.17) is 16.3 Å². The molecule has 1 aliphatic rings. The maximum atomic E-state index is 6.26. The summed E-state index contributed by atoms with van der Waals surface area (Å²) in [5.74, 6) is 0.900. The van der Waals surface area contributed by atoms with Crippen LogP contribution in [0, 0.1) is 0 Å². The maximum absolute atomic E-state index is 6.26. The minimum absolute atomic E-state index is 0. The van der Waals surface area contributed by atoms with Gasteiger partial charge in [0.05, 0.1) is 0 Å². The summed E-state index contributed by atoms with van der Waals surface area (Å²) < 4.78 is 6.09. The van der Waals surface area contributed by atoms with E-state index < -0.39 is 0 Å². The number of nitrogens with one attached hydrogen (secondary N) is 1. The van der Waals surface area contributed by atoms with Gasteiger partial charge in [0.25, 0.3) is 0 Å². The molecule has 0 atom stereocenters. The number of benzene rings is 3. The molecule has 1 saturated heterocycles. The molecule has 1 aliphatic heterocycles. The predicted octanol–water partition coefficient (Wildman–Crippen LogP) is 6.52. The Balaban J connectivity index is 0.00000181. The summed E-state index contributed by atoms with van der Waals surface area (Å²) in [6.07, 6.45) is 2.32. The molecule has 0 saturated carbocycles. The number of hydrogen-bond acceptors (Lipinski definition) is 3. The van der Waals surface area contributed by atoms with Gasteiger partial charge in [0.15, 0.2) is 0 Å². The molecular weight excluding hydrogens is 463 g/mol. The van der Waals surface area contributed by atoms with E-state index in [0.717, 1.165) is 60.9 Å². The van der Waals surface area contributed by atoms with Crippen LogP contribution in [0.2, 0.25) is 5.02 Å². The van der Waals surface area contributed by atoms with Crippen molar-refractivity contribution in [3.8, 4) is 5.75 Å². The summed E-state index contributed by atoms with van der Waals surface area (Å²) in [6.45, 7) is 4.62. The molecule has 0 spiro atoms. The topological polar surface area (TPSA) is 24.5 Å². The summed E-state index contributed by atoms with van der Waals surface area (Å²) in [4.78, 5) is 2.54. The molecule has 0 amide bonds. The van der Waals surface area contributed by atoms with Crippen LogP contribution in [0.25, 0.3) is 0 Å². The monoisotopic (exact) mass is 492 g/mol. The first kappa shape index (κ1) is 26.5. The normalized spacial score (nSPS) is 14.3. The molecule has 3 nitrogen and oxygen atoms in total. The van der Waals surface area contributed by atoms with Crippen molar-refractivity contribution in [2.75, 3.05) is 13.1 Å². The van der Waals surface area contributed by atoms with Crippen molar-refractivity contribution in [2.45, 2.75) is 38.6 Å². The van der Waals surface area contributed by atoms with E-state index in [1.165, 1.54) is 5.56 Å². The van der Waals surface area contributed by atoms with Crippen LogP contribution in [0.4, 0.5) is 0 Å². The van der Waals surface area contributed by atoms with Gasteiger partial charge in [-0.05, 0) is 55.3 Å². The zero-order valence-corrected chi connectivity index (χ0v) is 20.5. The van der Waals surface area contributed by atoms with Gasteiger partial charge in [0, 0.05) is 29.7 Å². The number of likely N-dealkylation sites (tertiary alicyclic amines) is 1. The number of hydrogen-bond donors (Lipinski definition) is 1. The highest BCUT2D eigenvalue weighted by atomic mass is 35.5. The summed E-state index contributed by atoms with van der Waals surface area (Å²) in [6, 6.07) is 27.4. The molecule has 1 fully saturated rings. The first-order valence-electron chi connectivity index (χ1n) is 10.7. The van der Waals surface area contributed by atoms with Gasteiger partial charge in [-0.25, -0.2) is 0 Å². The van der Waals surface area contributed by atoms with Crippen molar-refractivity contribution in [3.05, 3.63) is 101 Å². The molecule has 3 aromatic rings. The smallest absolute Gasteiger partial charge is 0.124 e. The van der Waals surface area contributed by atoms with E-state index >= 15 is 0 Å². The number of nitrogens with zero attached hydrogens (tertiary/aromatic N) is 1. The molecule has 1 N–H and O–H groups in total. The van der Waals surface area contributed by atoms with E-state index in [0.29, 0.717) is 12.6 Å². The van der Waals surface area contributed by atoms with E-state index in [9.17, 15) is 0 Å². The van der Waals surface area contributed by atoms with Crippen LogP contribution >= 0.6 is 36.4 Å². The first-order valence-corrected chi connectivity index (χ1v) is 11.1. The molecule has 172 valence electrons. The first-order chi connectivity index (χ1) is 14.8. The SMILES string of the molecule is Cl.Cl.Clc1ccc(OCc2ccccc2)c(CNC2CCN(Cc3ccccc3)CC2)c1. The van der Waals surface area contributed by atoms with E-state index in [1.54, 1.807) is 0 Å². The van der Waals surface area contributed by atoms with Gasteiger partial charge in [0.2, 0.25) is 0 Å². The maximum Gasteiger partial charge on any atom is 0.124 e. The molecule has 1 heterocycles. The van der Waals surface area contributed by atoms with Crippen LogP contribution in [0.1, 0.15) is 29.5 Å². The Kier molecular flexibility index (Phi) is 11.4. The van der Waals surface area contributed by atoms with Crippen LogP contribution in [0.15, 0.2) is 78.9 Å². The molecule has 0 unspecified atom stereocenters. The summed E-state index contributed by atoms with van der Waals surface area (Å²) >= 11 is 6.26. The van der Waals surface area contributed by atoms with Crippen LogP contribution in [-0.2, 0) is 19.7 Å². The van der Waals surface area contributed by atoms with Gasteiger partial charge >= 0.3 is 0 Å². The van der Waals surface area contributed by atoms with Crippen molar-refractivity contribution in [1.82, 2.24) is 10.2 Å². The highest BCUT2D eigenvalue weighted by Gasteiger charge is 2.19. The third kappa shape index (κ3) is 7.99. The largest absolute Gasteiger partial charge is 0.489 e. The second-order valence-corrected chi connectivity index (χ2v) is 8.38. The third-order valence-corrected chi connectivity index (χ3v) is 5.91. The van der Waals surface area contributed by atoms with E-state index in [2.05, 4.69) is 52.7 Å². The Hall–Kier alpha value is -1.75. The molecule has 32 heavy (non-hydrogen) atoms. The lowest BCUT2D eigenvalue weighted by Crippen LogP contribution is -2.41. The van der Waals surface area contributed by atoms with Crippen molar-refractivity contribution in [1.29, 1.82) is 0 Å². The highest BCUT2D eigenvalue weighted by molar-refractivity contribution is 6.30. The third-order valence-electron chi connectivity index (χ3n) is 5.68. The van der Waals surface area contributed by atoms with Crippen LogP contribution in [-0.4, -0.2) is 24.0 Å². The second-order valence-electron chi connectivity index (χ2n) is 7.94. The Morgan fingerprint density at radius 3 is 2.12 bits per heavy atom. The van der Waals surface area contributed by atoms with Gasteiger partial charge in [-0.3, -0.25) is 4.90 Å². The standard InChI is InChI=1S/C26H29ClN2O.2ClH/c27-24-11-12-26(30-20-22-9-5-2-6-10-22)23(17-24)18-28-25-13-15-29(16-14-25)19-21-7-3-1-4-8-21;;/h1-12,17,25,28H,13-16,18-20H2;2*1H. The quantitative estimate of drug-likeness (QED) is 0.387. The molecule has 6 heteroatoms. The lowest BCUT2D eigenvalue weighted by atomic mass is 10.0. The minimum atomic E-state index is 0. The Morgan fingerprint density at radius 2 is 1.47 bits per heavy atom. The summed E-state index contributed by atoms with van der Waals surface area (Å²) in [7, 11) is 0. The second kappa shape index (κ2) is 13.7. The molecule has 0 aromatic heterocycles. The van der Waals surface area contributed by atoms with Crippen LogP contribution in [0.3, 0.4) is 0 Å². The van der Waals surface area contributed by atoms with Crippen LogP contribution in [0.5, 0.6) is 5.75 Å². The van der Waals surface area contributed by atoms with Crippen molar-refractivity contribution in [3.63, 3.8) is 0 Å². The van der Waals surface area contributed by atoms with Crippen molar-refractivity contribution in [2.24, 2.45) is 0 Å². The minimum Gasteiger partial charge on any atom is -0.489 e. The van der Waals surface area contributed by atoms with Gasteiger partial charge in [0.1, 0.15) is 12.4 Å². The van der Waals surface area contributed by atoms with Crippen molar-refractivity contribution < 1.29 is 4.74 Å². The lowest BCUT2D eigenvalue weighted by molar-refractivity contribution is 0.189. The molecular formula is C26H31Cl3N2O. The molecule has 0 radical (unpaired) electrons. The van der Waals surface area contributed by atoms with Crippen molar-refractivity contribution >= 4 is 36.4 Å². The van der Waals surface area contributed by atoms with Gasteiger partial charge in [-0.1, -0.05) is 72.3 Å². The fraction of sp³-hybridized carbons (Fsp3) is 0.308. The zero-order chi connectivity index (χ0) is 20.6. The van der Waals surface area contributed by atoms with Gasteiger partial charge in [-0.15, -0.1) is 24.8 Å². The zero-order valence-electron chi connectivity index (χ0n) is 18.1. The van der Waals surface area contributed by atoms with Gasteiger partial charge in [-0.2, -0.15) is 0 Å². The average Bonchev–Trinajstić information content (AvgIpc) is 2.79. The molecule has 0 bridgehead atoms. The van der Waals surface area contributed by atoms with Gasteiger partial charge < -0.3 is 10.1 Å². The fourth-order valence-electron chi connectivity index (χ4n) is 3.95. The number of rotatable bonds is 8. The number of piperidine rings is 1.